The maximum atomic E-state index is 6.06. The van der Waals surface area contributed by atoms with Crippen LogP contribution >= 0.6 is 11.6 Å². The molecule has 27 heavy (non-hydrogen) atoms. The van der Waals surface area contributed by atoms with E-state index >= 15 is 0 Å². The molecule has 0 unspecified atom stereocenters. The molecule has 0 amide bonds. The number of aromatic nitrogens is 3. The summed E-state index contributed by atoms with van der Waals surface area (Å²) < 4.78 is 2.14. The van der Waals surface area contributed by atoms with E-state index in [1.165, 1.54) is 25.7 Å². The zero-order valence-electron chi connectivity index (χ0n) is 15.5. The standard InChI is InChI=1S/C22H23ClN4/c1-16-24-25-21(27(16)19-8-6-18(23)7-9-19)26-14-12-22(13-15-26)11-10-17-4-2-3-5-20(17)22/h2-9H,10-15H2,1H3. The van der Waals surface area contributed by atoms with E-state index in [0.717, 1.165) is 35.6 Å². The predicted molar refractivity (Wildman–Crippen MR) is 109 cm³/mol. The zero-order valence-corrected chi connectivity index (χ0v) is 16.3. The van der Waals surface area contributed by atoms with Gasteiger partial charge in [-0.25, -0.2) is 0 Å². The van der Waals surface area contributed by atoms with Crippen molar-refractivity contribution < 1.29 is 0 Å². The Morgan fingerprint density at radius 2 is 1.67 bits per heavy atom. The molecule has 0 saturated carbocycles. The third-order valence-corrected chi connectivity index (χ3v) is 6.61. The number of rotatable bonds is 2. The van der Waals surface area contributed by atoms with Crippen molar-refractivity contribution in [1.82, 2.24) is 14.8 Å². The quantitative estimate of drug-likeness (QED) is 0.647. The van der Waals surface area contributed by atoms with Crippen molar-refractivity contribution in [1.29, 1.82) is 0 Å². The summed E-state index contributed by atoms with van der Waals surface area (Å²) in [4.78, 5) is 2.39. The number of aryl methyl sites for hydroxylation is 2. The first-order valence-corrected chi connectivity index (χ1v) is 10.1. The number of nitrogens with zero attached hydrogens (tertiary/aromatic N) is 4. The van der Waals surface area contributed by atoms with Gasteiger partial charge in [-0.15, -0.1) is 10.2 Å². The first-order valence-electron chi connectivity index (χ1n) is 9.68. The van der Waals surface area contributed by atoms with E-state index in [-0.39, 0.29) is 0 Å². The third kappa shape index (κ3) is 2.74. The lowest BCUT2D eigenvalue weighted by Crippen LogP contribution is -2.42. The fourth-order valence-corrected chi connectivity index (χ4v) is 4.99. The molecule has 0 radical (unpaired) electrons. The van der Waals surface area contributed by atoms with Crippen LogP contribution < -0.4 is 4.90 Å². The third-order valence-electron chi connectivity index (χ3n) is 6.36. The second kappa shape index (κ2) is 6.38. The molecule has 0 N–H and O–H groups in total. The smallest absolute Gasteiger partial charge is 0.231 e. The molecule has 138 valence electrons. The summed E-state index contributed by atoms with van der Waals surface area (Å²) in [5.74, 6) is 1.84. The Morgan fingerprint density at radius 3 is 2.44 bits per heavy atom. The minimum absolute atomic E-state index is 0.354. The number of piperidine rings is 1. The van der Waals surface area contributed by atoms with Crippen LogP contribution in [0.2, 0.25) is 5.02 Å². The SMILES string of the molecule is Cc1nnc(N2CCC3(CCc4ccccc43)CC2)n1-c1ccc(Cl)cc1. The Kier molecular flexibility index (Phi) is 3.97. The largest absolute Gasteiger partial charge is 0.341 e. The van der Waals surface area contributed by atoms with Gasteiger partial charge in [0.05, 0.1) is 5.69 Å². The molecular formula is C22H23ClN4. The summed E-state index contributed by atoms with van der Waals surface area (Å²) in [5, 5.41) is 9.60. The number of hydrogen-bond donors (Lipinski definition) is 0. The normalized spacial score (nSPS) is 18.1. The van der Waals surface area contributed by atoms with E-state index in [1.807, 2.05) is 31.2 Å². The second-order valence-corrected chi connectivity index (χ2v) is 8.22. The summed E-state index contributed by atoms with van der Waals surface area (Å²) >= 11 is 6.06. The van der Waals surface area contributed by atoms with E-state index in [0.29, 0.717) is 5.41 Å². The van der Waals surface area contributed by atoms with Crippen LogP contribution in [-0.4, -0.2) is 27.9 Å². The lowest BCUT2D eigenvalue weighted by molar-refractivity contribution is 0.327. The Bertz CT molecular complexity index is 968. The van der Waals surface area contributed by atoms with Gasteiger partial charge in [0.25, 0.3) is 0 Å². The van der Waals surface area contributed by atoms with Crippen molar-refractivity contribution in [3.63, 3.8) is 0 Å². The molecule has 4 nitrogen and oxygen atoms in total. The first kappa shape index (κ1) is 16.8. The van der Waals surface area contributed by atoms with Crippen LogP contribution in [0.3, 0.4) is 0 Å². The first-order chi connectivity index (χ1) is 13.2. The molecule has 1 aliphatic heterocycles. The Labute approximate surface area is 164 Å². The van der Waals surface area contributed by atoms with Crippen molar-refractivity contribution in [2.45, 2.75) is 38.0 Å². The van der Waals surface area contributed by atoms with Crippen LogP contribution in [0.15, 0.2) is 48.5 Å². The van der Waals surface area contributed by atoms with Crippen molar-refractivity contribution >= 4 is 17.5 Å². The molecule has 1 saturated heterocycles. The van der Waals surface area contributed by atoms with Crippen molar-refractivity contribution in [2.24, 2.45) is 0 Å². The molecular weight excluding hydrogens is 356 g/mol. The van der Waals surface area contributed by atoms with Gasteiger partial charge in [0.2, 0.25) is 5.95 Å². The van der Waals surface area contributed by atoms with Gasteiger partial charge in [0, 0.05) is 18.1 Å². The highest BCUT2D eigenvalue weighted by Gasteiger charge is 2.41. The van der Waals surface area contributed by atoms with E-state index in [2.05, 4.69) is 43.9 Å². The van der Waals surface area contributed by atoms with Crippen molar-refractivity contribution in [3.8, 4) is 5.69 Å². The summed E-state index contributed by atoms with van der Waals surface area (Å²) in [5.41, 5.74) is 4.54. The number of anilines is 1. The monoisotopic (exact) mass is 378 g/mol. The van der Waals surface area contributed by atoms with Crippen molar-refractivity contribution in [3.05, 3.63) is 70.5 Å². The molecule has 1 aliphatic carbocycles. The lowest BCUT2D eigenvalue weighted by atomic mass is 9.74. The number of fused-ring (bicyclic) bond motifs is 2. The molecule has 1 spiro atoms. The van der Waals surface area contributed by atoms with Crippen LogP contribution in [0.25, 0.3) is 5.69 Å². The fourth-order valence-electron chi connectivity index (χ4n) is 4.87. The molecule has 2 heterocycles. The fraction of sp³-hybridized carbons (Fsp3) is 0.364. The molecule has 5 rings (SSSR count). The number of halogens is 1. The van der Waals surface area contributed by atoms with E-state index in [9.17, 15) is 0 Å². The molecule has 3 aromatic rings. The summed E-state index contributed by atoms with van der Waals surface area (Å²) in [6, 6.07) is 16.9. The van der Waals surface area contributed by atoms with Gasteiger partial charge in [0.15, 0.2) is 0 Å². The summed E-state index contributed by atoms with van der Waals surface area (Å²) in [6.45, 7) is 4.03. The Balaban J connectivity index is 1.42. The molecule has 2 aromatic carbocycles. The van der Waals surface area contributed by atoms with Gasteiger partial charge in [-0.2, -0.15) is 0 Å². The predicted octanol–water partition coefficient (Wildman–Crippen LogP) is 4.71. The summed E-state index contributed by atoms with van der Waals surface area (Å²) in [7, 11) is 0. The minimum Gasteiger partial charge on any atom is -0.341 e. The van der Waals surface area contributed by atoms with Crippen LogP contribution in [0.5, 0.6) is 0 Å². The van der Waals surface area contributed by atoms with Gasteiger partial charge in [-0.3, -0.25) is 4.57 Å². The highest BCUT2D eigenvalue weighted by Crippen LogP contribution is 2.46. The summed E-state index contributed by atoms with van der Waals surface area (Å²) in [6.07, 6.45) is 4.85. The van der Waals surface area contributed by atoms with Crippen LogP contribution in [0.4, 0.5) is 5.95 Å². The maximum Gasteiger partial charge on any atom is 0.231 e. The van der Waals surface area contributed by atoms with Crippen molar-refractivity contribution in [2.75, 3.05) is 18.0 Å². The molecule has 0 atom stereocenters. The molecule has 2 aliphatic rings. The lowest BCUT2D eigenvalue weighted by Gasteiger charge is -2.40. The van der Waals surface area contributed by atoms with Gasteiger partial charge < -0.3 is 4.90 Å². The highest BCUT2D eigenvalue weighted by molar-refractivity contribution is 6.30. The molecule has 0 bridgehead atoms. The Hall–Kier alpha value is -2.33. The maximum absolute atomic E-state index is 6.06. The molecule has 1 aromatic heterocycles. The highest BCUT2D eigenvalue weighted by atomic mass is 35.5. The van der Waals surface area contributed by atoms with Gasteiger partial charge in [-0.05, 0) is 73.4 Å². The van der Waals surface area contributed by atoms with Crippen LogP contribution in [0, 0.1) is 6.92 Å². The average molecular weight is 379 g/mol. The molecule has 5 heteroatoms. The second-order valence-electron chi connectivity index (χ2n) is 7.78. The minimum atomic E-state index is 0.354. The van der Waals surface area contributed by atoms with E-state index < -0.39 is 0 Å². The zero-order chi connectivity index (χ0) is 18.4. The van der Waals surface area contributed by atoms with E-state index in [1.54, 1.807) is 11.1 Å². The van der Waals surface area contributed by atoms with Crippen LogP contribution in [-0.2, 0) is 11.8 Å². The van der Waals surface area contributed by atoms with Gasteiger partial charge >= 0.3 is 0 Å². The number of benzene rings is 2. The Morgan fingerprint density at radius 1 is 0.926 bits per heavy atom. The topological polar surface area (TPSA) is 34.0 Å². The van der Waals surface area contributed by atoms with Gasteiger partial charge in [-0.1, -0.05) is 35.9 Å². The average Bonchev–Trinajstić information content (AvgIpc) is 3.25. The van der Waals surface area contributed by atoms with Gasteiger partial charge in [0.1, 0.15) is 5.82 Å². The number of hydrogen-bond acceptors (Lipinski definition) is 3. The molecule has 1 fully saturated rings. The van der Waals surface area contributed by atoms with Crippen LogP contribution in [0.1, 0.15) is 36.2 Å². The van der Waals surface area contributed by atoms with E-state index in [4.69, 9.17) is 11.6 Å².